The Morgan fingerprint density at radius 3 is 2.72 bits per heavy atom. The van der Waals surface area contributed by atoms with Crippen LogP contribution in [0.3, 0.4) is 0 Å². The minimum absolute atomic E-state index is 0.0193. The van der Waals surface area contributed by atoms with E-state index in [0.29, 0.717) is 18.2 Å². The van der Waals surface area contributed by atoms with Gasteiger partial charge in [-0.15, -0.1) is 0 Å². The van der Waals surface area contributed by atoms with E-state index in [1.165, 1.54) is 6.33 Å². The number of nitrogens with two attached hydrogens (primary N) is 1. The summed E-state index contributed by atoms with van der Waals surface area (Å²) in [6, 6.07) is 11.8. The van der Waals surface area contributed by atoms with Crippen LogP contribution in [0.5, 0.6) is 5.88 Å². The average molecular weight is 244 g/mol. The van der Waals surface area contributed by atoms with Gasteiger partial charge >= 0.3 is 0 Å². The van der Waals surface area contributed by atoms with Crippen LogP contribution in [-0.2, 0) is 0 Å². The number of benzene rings is 1. The fourth-order valence-corrected chi connectivity index (χ4v) is 1.67. The molecule has 5 nitrogen and oxygen atoms in total. The van der Waals surface area contributed by atoms with Gasteiger partial charge in [0.15, 0.2) is 0 Å². The molecule has 2 aromatic rings. The van der Waals surface area contributed by atoms with Gasteiger partial charge in [-0.2, -0.15) is 0 Å². The summed E-state index contributed by atoms with van der Waals surface area (Å²) >= 11 is 0. The van der Waals surface area contributed by atoms with Crippen LogP contribution >= 0.6 is 0 Å². The van der Waals surface area contributed by atoms with Crippen molar-refractivity contribution in [3.8, 4) is 5.88 Å². The lowest BCUT2D eigenvalue weighted by Crippen LogP contribution is -2.21. The maximum absolute atomic E-state index is 5.79. The topological polar surface area (TPSA) is 73.1 Å². The zero-order valence-electron chi connectivity index (χ0n) is 10.2. The summed E-state index contributed by atoms with van der Waals surface area (Å²) < 4.78 is 5.05. The van der Waals surface area contributed by atoms with E-state index in [2.05, 4.69) is 15.3 Å². The summed E-state index contributed by atoms with van der Waals surface area (Å²) in [5, 5.41) is 3.26. The highest BCUT2D eigenvalue weighted by Gasteiger charge is 2.10. The van der Waals surface area contributed by atoms with Gasteiger partial charge in [0.05, 0.1) is 13.2 Å². The standard InChI is InChI=1S/C13H16N4O/c1-18-13-7-12(15-9-16-13)17-11(8-14)10-5-3-2-4-6-10/h2-7,9,11H,8,14H2,1H3,(H,15,16,17). The number of nitrogens with one attached hydrogen (secondary N) is 1. The van der Waals surface area contributed by atoms with Crippen LogP contribution in [0.15, 0.2) is 42.7 Å². The molecule has 1 aromatic heterocycles. The molecule has 0 amide bonds. The molecule has 1 atom stereocenters. The summed E-state index contributed by atoms with van der Waals surface area (Å²) in [6.07, 6.45) is 1.46. The SMILES string of the molecule is COc1cc(NC(CN)c2ccccc2)ncn1. The Morgan fingerprint density at radius 1 is 1.28 bits per heavy atom. The summed E-state index contributed by atoms with van der Waals surface area (Å²) in [4.78, 5) is 8.10. The molecule has 0 saturated carbocycles. The predicted octanol–water partition coefficient (Wildman–Crippen LogP) is 1.60. The molecule has 18 heavy (non-hydrogen) atoms. The third kappa shape index (κ3) is 2.95. The molecule has 0 fully saturated rings. The minimum atomic E-state index is 0.0193. The summed E-state index contributed by atoms with van der Waals surface area (Å²) in [5.41, 5.74) is 6.91. The Morgan fingerprint density at radius 2 is 2.06 bits per heavy atom. The van der Waals surface area contributed by atoms with Gasteiger partial charge in [-0.05, 0) is 5.56 Å². The molecule has 3 N–H and O–H groups in total. The number of nitrogens with zero attached hydrogens (tertiary/aromatic N) is 2. The van der Waals surface area contributed by atoms with Crippen molar-refractivity contribution in [3.63, 3.8) is 0 Å². The van der Waals surface area contributed by atoms with Crippen molar-refractivity contribution in [2.45, 2.75) is 6.04 Å². The van der Waals surface area contributed by atoms with Crippen LogP contribution in [0.4, 0.5) is 5.82 Å². The molecule has 0 aliphatic carbocycles. The first-order valence-electron chi connectivity index (χ1n) is 5.71. The fraction of sp³-hybridized carbons (Fsp3) is 0.231. The Balaban J connectivity index is 2.15. The Hall–Kier alpha value is -2.14. The van der Waals surface area contributed by atoms with Gasteiger partial charge in [0.25, 0.3) is 0 Å². The molecule has 5 heteroatoms. The molecule has 0 bridgehead atoms. The smallest absolute Gasteiger partial charge is 0.218 e. The fourth-order valence-electron chi connectivity index (χ4n) is 1.67. The zero-order chi connectivity index (χ0) is 12.8. The second kappa shape index (κ2) is 5.97. The largest absolute Gasteiger partial charge is 0.481 e. The lowest BCUT2D eigenvalue weighted by Gasteiger charge is -2.17. The summed E-state index contributed by atoms with van der Waals surface area (Å²) in [7, 11) is 1.57. The Labute approximate surface area is 106 Å². The average Bonchev–Trinajstić information content (AvgIpc) is 2.46. The lowest BCUT2D eigenvalue weighted by molar-refractivity contribution is 0.397. The van der Waals surface area contributed by atoms with Gasteiger partial charge in [0.2, 0.25) is 5.88 Å². The molecule has 0 saturated heterocycles. The summed E-state index contributed by atoms with van der Waals surface area (Å²) in [6.45, 7) is 0.482. The van der Waals surface area contributed by atoms with Crippen LogP contribution in [-0.4, -0.2) is 23.6 Å². The molecule has 0 aliphatic heterocycles. The quantitative estimate of drug-likeness (QED) is 0.835. The Bertz CT molecular complexity index is 489. The van der Waals surface area contributed by atoms with Crippen molar-refractivity contribution in [3.05, 3.63) is 48.3 Å². The molecular formula is C13H16N4O. The van der Waals surface area contributed by atoms with Gasteiger partial charge in [-0.1, -0.05) is 30.3 Å². The number of methoxy groups -OCH3 is 1. The van der Waals surface area contributed by atoms with E-state index in [1.807, 2.05) is 30.3 Å². The summed E-state index contributed by atoms with van der Waals surface area (Å²) in [5.74, 6) is 1.22. The van der Waals surface area contributed by atoms with E-state index in [9.17, 15) is 0 Å². The first kappa shape index (κ1) is 12.3. The second-order valence-electron chi connectivity index (χ2n) is 3.79. The van der Waals surface area contributed by atoms with Crippen LogP contribution < -0.4 is 15.8 Å². The molecule has 1 heterocycles. The zero-order valence-corrected chi connectivity index (χ0v) is 10.2. The van der Waals surface area contributed by atoms with Gasteiger partial charge in [-0.25, -0.2) is 9.97 Å². The molecule has 94 valence electrons. The number of rotatable bonds is 5. The molecular weight excluding hydrogens is 228 g/mol. The number of anilines is 1. The van der Waals surface area contributed by atoms with Crippen molar-refractivity contribution in [2.75, 3.05) is 19.0 Å². The van der Waals surface area contributed by atoms with Gasteiger partial charge in [0, 0.05) is 12.6 Å². The van der Waals surface area contributed by atoms with Crippen molar-refractivity contribution >= 4 is 5.82 Å². The minimum Gasteiger partial charge on any atom is -0.481 e. The van der Waals surface area contributed by atoms with Crippen molar-refractivity contribution in [2.24, 2.45) is 5.73 Å². The second-order valence-corrected chi connectivity index (χ2v) is 3.79. The molecule has 2 rings (SSSR count). The van der Waals surface area contributed by atoms with Crippen molar-refractivity contribution < 1.29 is 4.74 Å². The molecule has 0 aliphatic rings. The number of aromatic nitrogens is 2. The first-order chi connectivity index (χ1) is 8.83. The predicted molar refractivity (Wildman–Crippen MR) is 70.4 cm³/mol. The maximum atomic E-state index is 5.79. The first-order valence-corrected chi connectivity index (χ1v) is 5.71. The van der Waals surface area contributed by atoms with Crippen LogP contribution in [0.1, 0.15) is 11.6 Å². The van der Waals surface area contributed by atoms with E-state index < -0.39 is 0 Å². The van der Waals surface area contributed by atoms with Gasteiger partial charge in [-0.3, -0.25) is 0 Å². The third-order valence-corrected chi connectivity index (χ3v) is 2.61. The lowest BCUT2D eigenvalue weighted by atomic mass is 10.1. The molecule has 1 unspecified atom stereocenters. The van der Waals surface area contributed by atoms with E-state index in [4.69, 9.17) is 10.5 Å². The highest BCUT2D eigenvalue weighted by Crippen LogP contribution is 2.18. The molecule has 0 radical (unpaired) electrons. The number of ether oxygens (including phenoxy) is 1. The van der Waals surface area contributed by atoms with Gasteiger partial charge < -0.3 is 15.8 Å². The van der Waals surface area contributed by atoms with Crippen LogP contribution in [0.25, 0.3) is 0 Å². The third-order valence-electron chi connectivity index (χ3n) is 2.61. The van der Waals surface area contributed by atoms with E-state index in [1.54, 1.807) is 13.2 Å². The molecule has 0 spiro atoms. The van der Waals surface area contributed by atoms with Crippen molar-refractivity contribution in [1.29, 1.82) is 0 Å². The number of hydrogen-bond donors (Lipinski definition) is 2. The molecule has 1 aromatic carbocycles. The van der Waals surface area contributed by atoms with E-state index in [-0.39, 0.29) is 6.04 Å². The van der Waals surface area contributed by atoms with Crippen LogP contribution in [0, 0.1) is 0 Å². The monoisotopic (exact) mass is 244 g/mol. The van der Waals surface area contributed by atoms with E-state index in [0.717, 1.165) is 5.56 Å². The van der Waals surface area contributed by atoms with Crippen LogP contribution in [0.2, 0.25) is 0 Å². The Kier molecular flexibility index (Phi) is 4.09. The highest BCUT2D eigenvalue weighted by molar-refractivity contribution is 5.40. The van der Waals surface area contributed by atoms with Gasteiger partial charge in [0.1, 0.15) is 12.1 Å². The number of hydrogen-bond acceptors (Lipinski definition) is 5. The highest BCUT2D eigenvalue weighted by atomic mass is 16.5. The van der Waals surface area contributed by atoms with E-state index >= 15 is 0 Å². The van der Waals surface area contributed by atoms with Crippen molar-refractivity contribution in [1.82, 2.24) is 9.97 Å². The maximum Gasteiger partial charge on any atom is 0.218 e. The normalized spacial score (nSPS) is 11.9.